The minimum atomic E-state index is -0.184. The van der Waals surface area contributed by atoms with Crippen molar-refractivity contribution in [2.75, 3.05) is 11.9 Å². The Hall–Kier alpha value is -2.68. The van der Waals surface area contributed by atoms with Crippen molar-refractivity contribution in [1.29, 1.82) is 0 Å². The highest BCUT2D eigenvalue weighted by molar-refractivity contribution is 6.33. The van der Waals surface area contributed by atoms with Crippen LogP contribution in [0, 0.1) is 0 Å². The molecule has 0 bridgehead atoms. The molecule has 1 aliphatic carbocycles. The molecule has 8 nitrogen and oxygen atoms in total. The Bertz CT molecular complexity index is 1120. The number of carbonyl (C=O) groups is 1. The van der Waals surface area contributed by atoms with E-state index in [1.165, 1.54) is 0 Å². The normalized spacial score (nSPS) is 25.7. The standard InChI is InChI=1S/C23H28ClN7O/c24-18-12-28-23(31-21(18)17-11-27-19-7-2-1-6-16(17)19)30-15-5-3-4-14(9-15)29-22(32)20-8-13(25)10-26-20/h1-2,6-7,11-15,20,26-27H,3-5,8-10,25H2,(H,29,32)(H,28,30,31)/t13-,14-,15+,20-/m0/s1. The van der Waals surface area contributed by atoms with Gasteiger partial charge in [0.05, 0.1) is 23.0 Å². The number of halogens is 1. The van der Waals surface area contributed by atoms with Crippen molar-refractivity contribution in [3.8, 4) is 11.3 Å². The maximum Gasteiger partial charge on any atom is 0.237 e. The molecule has 1 saturated carbocycles. The van der Waals surface area contributed by atoms with Crippen LogP contribution >= 0.6 is 11.6 Å². The molecule has 1 amide bonds. The Morgan fingerprint density at radius 1 is 1.19 bits per heavy atom. The minimum Gasteiger partial charge on any atom is -0.360 e. The Balaban J connectivity index is 1.27. The van der Waals surface area contributed by atoms with Crippen molar-refractivity contribution in [1.82, 2.24) is 25.6 Å². The van der Waals surface area contributed by atoms with Crippen molar-refractivity contribution in [3.63, 3.8) is 0 Å². The van der Waals surface area contributed by atoms with E-state index in [0.717, 1.165) is 42.1 Å². The summed E-state index contributed by atoms with van der Waals surface area (Å²) in [5.41, 5.74) is 8.60. The van der Waals surface area contributed by atoms with Gasteiger partial charge in [0.2, 0.25) is 11.9 Å². The molecular formula is C23H28ClN7O. The van der Waals surface area contributed by atoms with Gasteiger partial charge in [-0.3, -0.25) is 4.79 Å². The molecule has 2 fully saturated rings. The number of benzene rings is 1. The van der Waals surface area contributed by atoms with E-state index in [4.69, 9.17) is 22.3 Å². The second-order valence-electron chi connectivity index (χ2n) is 8.81. The SMILES string of the molecule is N[C@@H]1CN[C@H](C(=O)N[C@H]2CCC[C@@H](Nc3ncc(Cl)c(-c4c[nH]c5ccccc45)n3)C2)C1. The van der Waals surface area contributed by atoms with E-state index in [9.17, 15) is 4.79 Å². The number of amides is 1. The summed E-state index contributed by atoms with van der Waals surface area (Å²) in [6.07, 6.45) is 8.11. The summed E-state index contributed by atoms with van der Waals surface area (Å²) in [5.74, 6) is 0.600. The summed E-state index contributed by atoms with van der Waals surface area (Å²) >= 11 is 6.45. The fourth-order valence-electron chi connectivity index (χ4n) is 4.79. The van der Waals surface area contributed by atoms with Crippen LogP contribution in [0.15, 0.2) is 36.7 Å². The first-order valence-corrected chi connectivity index (χ1v) is 11.6. The highest BCUT2D eigenvalue weighted by atomic mass is 35.5. The molecule has 168 valence electrons. The molecule has 9 heteroatoms. The molecule has 32 heavy (non-hydrogen) atoms. The highest BCUT2D eigenvalue weighted by Crippen LogP contribution is 2.32. The van der Waals surface area contributed by atoms with Gasteiger partial charge >= 0.3 is 0 Å². The zero-order valence-corrected chi connectivity index (χ0v) is 18.5. The quantitative estimate of drug-likeness (QED) is 0.405. The van der Waals surface area contributed by atoms with Crippen molar-refractivity contribution in [2.24, 2.45) is 5.73 Å². The third-order valence-corrected chi connectivity index (χ3v) is 6.70. The zero-order chi connectivity index (χ0) is 22.1. The van der Waals surface area contributed by atoms with E-state index in [0.29, 0.717) is 29.6 Å². The summed E-state index contributed by atoms with van der Waals surface area (Å²) < 4.78 is 0. The van der Waals surface area contributed by atoms with Gasteiger partial charge in [-0.25, -0.2) is 9.97 Å². The van der Waals surface area contributed by atoms with Crippen LogP contribution in [0.5, 0.6) is 0 Å². The van der Waals surface area contributed by atoms with Crippen LogP contribution in [0.2, 0.25) is 5.02 Å². The summed E-state index contributed by atoms with van der Waals surface area (Å²) in [7, 11) is 0. The van der Waals surface area contributed by atoms with Gasteiger partial charge in [-0.1, -0.05) is 29.8 Å². The Kier molecular flexibility index (Phi) is 5.99. The van der Waals surface area contributed by atoms with Gasteiger partial charge in [0.25, 0.3) is 0 Å². The molecule has 1 saturated heterocycles. The van der Waals surface area contributed by atoms with Gasteiger partial charge in [-0.15, -0.1) is 0 Å². The number of H-pyrrole nitrogens is 1. The number of hydrogen-bond donors (Lipinski definition) is 5. The van der Waals surface area contributed by atoms with E-state index in [-0.39, 0.29) is 30.1 Å². The number of aromatic amines is 1. The van der Waals surface area contributed by atoms with Crippen molar-refractivity contribution < 1.29 is 4.79 Å². The first-order chi connectivity index (χ1) is 15.6. The topological polar surface area (TPSA) is 121 Å². The van der Waals surface area contributed by atoms with Crippen LogP contribution in [0.3, 0.4) is 0 Å². The zero-order valence-electron chi connectivity index (χ0n) is 17.8. The number of carbonyl (C=O) groups excluding carboxylic acids is 1. The lowest BCUT2D eigenvalue weighted by molar-refractivity contribution is -0.123. The first kappa shape index (κ1) is 21.2. The smallest absolute Gasteiger partial charge is 0.237 e. The molecule has 3 aromatic rings. The average Bonchev–Trinajstić information content (AvgIpc) is 3.42. The monoisotopic (exact) mass is 453 g/mol. The predicted molar refractivity (Wildman–Crippen MR) is 127 cm³/mol. The Morgan fingerprint density at radius 2 is 2.03 bits per heavy atom. The number of para-hydroxylation sites is 1. The molecule has 6 N–H and O–H groups in total. The number of nitrogens with two attached hydrogens (primary N) is 1. The third kappa shape index (κ3) is 4.44. The fraction of sp³-hybridized carbons (Fsp3) is 0.435. The van der Waals surface area contributed by atoms with Crippen LogP contribution in [-0.4, -0.2) is 51.6 Å². The maximum absolute atomic E-state index is 12.6. The van der Waals surface area contributed by atoms with Gasteiger partial charge in [-0.2, -0.15) is 0 Å². The molecule has 2 aliphatic rings. The largest absolute Gasteiger partial charge is 0.360 e. The number of aromatic nitrogens is 3. The molecule has 1 aliphatic heterocycles. The van der Waals surface area contributed by atoms with E-state index in [2.05, 4.69) is 25.9 Å². The van der Waals surface area contributed by atoms with Gasteiger partial charge in [0.1, 0.15) is 0 Å². The van der Waals surface area contributed by atoms with E-state index in [1.54, 1.807) is 6.20 Å². The lowest BCUT2D eigenvalue weighted by Crippen LogP contribution is -2.48. The highest BCUT2D eigenvalue weighted by Gasteiger charge is 2.30. The van der Waals surface area contributed by atoms with Crippen LogP contribution in [0.25, 0.3) is 22.2 Å². The maximum atomic E-state index is 12.6. The van der Waals surface area contributed by atoms with Gasteiger partial charge in [0.15, 0.2) is 0 Å². The number of fused-ring (bicyclic) bond motifs is 1. The molecule has 0 radical (unpaired) electrons. The molecule has 0 unspecified atom stereocenters. The number of anilines is 1. The molecule has 5 rings (SSSR count). The van der Waals surface area contributed by atoms with Crippen molar-refractivity contribution in [2.45, 2.75) is 56.3 Å². The molecular weight excluding hydrogens is 426 g/mol. The fourth-order valence-corrected chi connectivity index (χ4v) is 4.98. The molecule has 4 atom stereocenters. The average molecular weight is 454 g/mol. The number of nitrogens with one attached hydrogen (secondary N) is 4. The minimum absolute atomic E-state index is 0.0490. The van der Waals surface area contributed by atoms with Crippen LogP contribution in [0.4, 0.5) is 5.95 Å². The second-order valence-corrected chi connectivity index (χ2v) is 9.22. The van der Waals surface area contributed by atoms with Crippen molar-refractivity contribution >= 4 is 34.4 Å². The Labute approximate surface area is 191 Å². The van der Waals surface area contributed by atoms with Gasteiger partial charge in [0, 0.05) is 47.3 Å². The van der Waals surface area contributed by atoms with Crippen LogP contribution in [-0.2, 0) is 4.79 Å². The molecule has 2 aromatic heterocycles. The summed E-state index contributed by atoms with van der Waals surface area (Å²) in [5, 5.41) is 11.4. The summed E-state index contributed by atoms with van der Waals surface area (Å²) in [6.45, 7) is 0.694. The number of rotatable bonds is 5. The second kappa shape index (κ2) is 9.05. The van der Waals surface area contributed by atoms with Gasteiger partial charge < -0.3 is 26.7 Å². The first-order valence-electron chi connectivity index (χ1n) is 11.2. The lowest BCUT2D eigenvalue weighted by Gasteiger charge is -2.31. The molecule has 1 aromatic carbocycles. The predicted octanol–water partition coefficient (Wildman–Crippen LogP) is 2.81. The summed E-state index contributed by atoms with van der Waals surface area (Å²) in [4.78, 5) is 25.0. The van der Waals surface area contributed by atoms with Crippen LogP contribution < -0.4 is 21.7 Å². The Morgan fingerprint density at radius 3 is 2.88 bits per heavy atom. The molecule has 0 spiro atoms. The van der Waals surface area contributed by atoms with E-state index in [1.807, 2.05) is 30.5 Å². The number of nitrogens with zero attached hydrogens (tertiary/aromatic N) is 2. The number of hydrogen-bond acceptors (Lipinski definition) is 6. The van der Waals surface area contributed by atoms with E-state index >= 15 is 0 Å². The lowest BCUT2D eigenvalue weighted by atomic mass is 9.90. The van der Waals surface area contributed by atoms with Gasteiger partial charge in [-0.05, 0) is 38.2 Å². The summed E-state index contributed by atoms with van der Waals surface area (Å²) in [6, 6.07) is 8.26. The van der Waals surface area contributed by atoms with Crippen molar-refractivity contribution in [3.05, 3.63) is 41.7 Å². The van der Waals surface area contributed by atoms with Crippen LogP contribution in [0.1, 0.15) is 32.1 Å². The van der Waals surface area contributed by atoms with E-state index < -0.39 is 0 Å². The molecule has 3 heterocycles. The third-order valence-electron chi connectivity index (χ3n) is 6.42.